The molecule has 0 radical (unpaired) electrons. The highest BCUT2D eigenvalue weighted by molar-refractivity contribution is 5.62. The van der Waals surface area contributed by atoms with Crippen molar-refractivity contribution < 1.29 is 0 Å². The predicted octanol–water partition coefficient (Wildman–Crippen LogP) is 3.29. The van der Waals surface area contributed by atoms with Crippen LogP contribution in [0.4, 0.5) is 0 Å². The van der Waals surface area contributed by atoms with E-state index in [0.29, 0.717) is 5.65 Å². The van der Waals surface area contributed by atoms with Crippen molar-refractivity contribution in [3.63, 3.8) is 0 Å². The summed E-state index contributed by atoms with van der Waals surface area (Å²) in [4.78, 5) is 16.9. The lowest BCUT2D eigenvalue weighted by Gasteiger charge is -2.08. The second-order valence-corrected chi connectivity index (χ2v) is 5.21. The molecule has 0 atom stereocenters. The number of hydrogen-bond donors (Lipinski definition) is 0. The Balaban J connectivity index is 2.29. The normalized spacial score (nSPS) is 10.9. The number of rotatable bonds is 1. The van der Waals surface area contributed by atoms with Crippen LogP contribution in [0.1, 0.15) is 16.8 Å². The Morgan fingerprint density at radius 2 is 1.60 bits per heavy atom. The van der Waals surface area contributed by atoms with Crippen molar-refractivity contribution in [1.82, 2.24) is 9.38 Å². The third-order valence-corrected chi connectivity index (χ3v) is 3.44. The van der Waals surface area contributed by atoms with Crippen molar-refractivity contribution in [1.29, 1.82) is 0 Å². The molecule has 3 rings (SSSR count). The minimum absolute atomic E-state index is 0.0388. The van der Waals surface area contributed by atoms with Gasteiger partial charge in [0.05, 0.1) is 5.69 Å². The van der Waals surface area contributed by atoms with Crippen molar-refractivity contribution >= 4 is 5.65 Å². The van der Waals surface area contributed by atoms with E-state index in [4.69, 9.17) is 0 Å². The van der Waals surface area contributed by atoms with Crippen LogP contribution < -0.4 is 5.56 Å². The summed E-state index contributed by atoms with van der Waals surface area (Å²) in [7, 11) is 0. The predicted molar refractivity (Wildman–Crippen MR) is 81.1 cm³/mol. The van der Waals surface area contributed by atoms with Crippen LogP contribution in [0.5, 0.6) is 0 Å². The van der Waals surface area contributed by atoms with Crippen LogP contribution in [0.2, 0.25) is 0 Å². The zero-order valence-corrected chi connectivity index (χ0v) is 11.8. The molecule has 0 spiro atoms. The SMILES string of the molecule is Cc1ccc(-c2cc(=O)n3c(C)cc(C)cc3n2)cc1. The van der Waals surface area contributed by atoms with Crippen molar-refractivity contribution in [2.24, 2.45) is 0 Å². The monoisotopic (exact) mass is 264 g/mol. The Morgan fingerprint density at radius 1 is 0.900 bits per heavy atom. The number of aryl methyl sites for hydroxylation is 3. The van der Waals surface area contributed by atoms with E-state index in [1.165, 1.54) is 5.56 Å². The molecule has 2 aromatic heterocycles. The Hall–Kier alpha value is -2.42. The van der Waals surface area contributed by atoms with Gasteiger partial charge in [-0.05, 0) is 38.5 Å². The zero-order valence-electron chi connectivity index (χ0n) is 11.8. The lowest BCUT2D eigenvalue weighted by atomic mass is 10.1. The van der Waals surface area contributed by atoms with Gasteiger partial charge in [0.25, 0.3) is 5.56 Å². The lowest BCUT2D eigenvalue weighted by Crippen LogP contribution is -2.16. The fourth-order valence-electron chi connectivity index (χ4n) is 2.46. The molecule has 3 aromatic rings. The van der Waals surface area contributed by atoms with Gasteiger partial charge in [-0.25, -0.2) is 4.98 Å². The van der Waals surface area contributed by atoms with Gasteiger partial charge in [-0.1, -0.05) is 29.8 Å². The first-order chi connectivity index (χ1) is 9.54. The minimum Gasteiger partial charge on any atom is -0.269 e. The molecular formula is C17H16N2O. The molecule has 0 bridgehead atoms. The largest absolute Gasteiger partial charge is 0.269 e. The summed E-state index contributed by atoms with van der Waals surface area (Å²) in [6.45, 7) is 5.98. The van der Waals surface area contributed by atoms with Gasteiger partial charge in [-0.3, -0.25) is 9.20 Å². The Morgan fingerprint density at radius 3 is 2.30 bits per heavy atom. The van der Waals surface area contributed by atoms with Gasteiger partial charge in [0.15, 0.2) is 0 Å². The van der Waals surface area contributed by atoms with Crippen LogP contribution in [0.3, 0.4) is 0 Å². The van der Waals surface area contributed by atoms with E-state index in [0.717, 1.165) is 22.5 Å². The molecule has 0 N–H and O–H groups in total. The molecule has 1 aromatic carbocycles. The molecule has 100 valence electrons. The summed E-state index contributed by atoms with van der Waals surface area (Å²) >= 11 is 0. The van der Waals surface area contributed by atoms with Crippen molar-refractivity contribution in [3.8, 4) is 11.3 Å². The van der Waals surface area contributed by atoms with E-state index in [2.05, 4.69) is 4.98 Å². The summed E-state index contributed by atoms with van der Waals surface area (Å²) < 4.78 is 1.64. The molecule has 0 saturated heterocycles. The fourth-order valence-corrected chi connectivity index (χ4v) is 2.46. The van der Waals surface area contributed by atoms with Crippen molar-refractivity contribution in [3.05, 3.63) is 69.6 Å². The van der Waals surface area contributed by atoms with Crippen LogP contribution in [0.15, 0.2) is 47.3 Å². The van der Waals surface area contributed by atoms with Gasteiger partial charge >= 0.3 is 0 Å². The van der Waals surface area contributed by atoms with E-state index < -0.39 is 0 Å². The van der Waals surface area contributed by atoms with Crippen LogP contribution in [-0.4, -0.2) is 9.38 Å². The third kappa shape index (κ3) is 2.11. The molecule has 20 heavy (non-hydrogen) atoms. The van der Waals surface area contributed by atoms with E-state index in [9.17, 15) is 4.79 Å². The maximum atomic E-state index is 12.3. The number of aromatic nitrogens is 2. The van der Waals surface area contributed by atoms with Gasteiger partial charge in [-0.15, -0.1) is 0 Å². The molecular weight excluding hydrogens is 248 g/mol. The highest BCUT2D eigenvalue weighted by atomic mass is 16.1. The molecule has 3 nitrogen and oxygen atoms in total. The van der Waals surface area contributed by atoms with Gasteiger partial charge in [-0.2, -0.15) is 0 Å². The summed E-state index contributed by atoms with van der Waals surface area (Å²) in [6, 6.07) is 13.6. The first-order valence-corrected chi connectivity index (χ1v) is 6.63. The number of pyridine rings is 1. The summed E-state index contributed by atoms with van der Waals surface area (Å²) in [5.41, 5.74) is 5.56. The topological polar surface area (TPSA) is 34.4 Å². The lowest BCUT2D eigenvalue weighted by molar-refractivity contribution is 0.986. The molecule has 0 amide bonds. The average molecular weight is 264 g/mol. The van der Waals surface area contributed by atoms with E-state index in [1.807, 2.05) is 57.2 Å². The van der Waals surface area contributed by atoms with E-state index in [-0.39, 0.29) is 5.56 Å². The summed E-state index contributed by atoms with van der Waals surface area (Å²) in [6.07, 6.45) is 0. The summed E-state index contributed by atoms with van der Waals surface area (Å²) in [5.74, 6) is 0. The van der Waals surface area contributed by atoms with Crippen LogP contribution in [0.25, 0.3) is 16.9 Å². The second-order valence-electron chi connectivity index (χ2n) is 5.21. The number of fused-ring (bicyclic) bond motifs is 1. The molecule has 0 aliphatic carbocycles. The van der Waals surface area contributed by atoms with Crippen molar-refractivity contribution in [2.45, 2.75) is 20.8 Å². The zero-order chi connectivity index (χ0) is 14.3. The Labute approximate surface area is 117 Å². The maximum Gasteiger partial charge on any atom is 0.258 e. The second kappa shape index (κ2) is 4.60. The number of hydrogen-bond acceptors (Lipinski definition) is 2. The minimum atomic E-state index is -0.0388. The number of nitrogens with zero attached hydrogens (tertiary/aromatic N) is 2. The molecule has 0 fully saturated rings. The maximum absolute atomic E-state index is 12.3. The number of benzene rings is 1. The first-order valence-electron chi connectivity index (χ1n) is 6.63. The standard InChI is InChI=1S/C17H16N2O/c1-11-4-6-14(7-5-11)15-10-17(20)19-13(3)8-12(2)9-16(19)18-15/h4-10H,1-3H3. The van der Waals surface area contributed by atoms with Crippen LogP contribution in [-0.2, 0) is 0 Å². The van der Waals surface area contributed by atoms with Crippen molar-refractivity contribution in [2.75, 3.05) is 0 Å². The van der Waals surface area contributed by atoms with Gasteiger partial charge < -0.3 is 0 Å². The van der Waals surface area contributed by atoms with Crippen LogP contribution >= 0.6 is 0 Å². The Kier molecular flexibility index (Phi) is 2.90. The highest BCUT2D eigenvalue weighted by Gasteiger charge is 2.07. The van der Waals surface area contributed by atoms with E-state index >= 15 is 0 Å². The van der Waals surface area contributed by atoms with E-state index in [1.54, 1.807) is 10.5 Å². The molecule has 0 aliphatic rings. The first kappa shape index (κ1) is 12.6. The van der Waals surface area contributed by atoms with Crippen LogP contribution in [0, 0.1) is 20.8 Å². The van der Waals surface area contributed by atoms with Gasteiger partial charge in [0, 0.05) is 17.3 Å². The fraction of sp³-hybridized carbons (Fsp3) is 0.176. The molecule has 0 aliphatic heterocycles. The quantitative estimate of drug-likeness (QED) is 0.676. The highest BCUT2D eigenvalue weighted by Crippen LogP contribution is 2.17. The molecule has 0 saturated carbocycles. The molecule has 0 unspecified atom stereocenters. The molecule has 2 heterocycles. The van der Waals surface area contributed by atoms with Gasteiger partial charge in [0.2, 0.25) is 0 Å². The average Bonchev–Trinajstić information content (AvgIpc) is 2.38. The summed E-state index contributed by atoms with van der Waals surface area (Å²) in [5, 5.41) is 0. The smallest absolute Gasteiger partial charge is 0.258 e. The van der Waals surface area contributed by atoms with Gasteiger partial charge in [0.1, 0.15) is 5.65 Å². The Bertz CT molecular complexity index is 845. The molecule has 3 heteroatoms. The third-order valence-electron chi connectivity index (χ3n) is 3.44.